The number of rotatable bonds is 16. The van der Waals surface area contributed by atoms with Crippen molar-refractivity contribution >= 4 is 11.8 Å². The van der Waals surface area contributed by atoms with Crippen molar-refractivity contribution in [1.82, 2.24) is 0 Å². The van der Waals surface area contributed by atoms with Gasteiger partial charge in [-0.25, -0.2) is 4.79 Å². The molecule has 0 heterocycles. The van der Waals surface area contributed by atoms with Gasteiger partial charge in [0.15, 0.2) is 0 Å². The number of hydrogen-bond donors (Lipinski definition) is 1. The molecule has 1 unspecified atom stereocenters. The standard InChI is InChI=1S/C18H34O6.Zr/c1-5-9-12-22-16(23-13-10-6-2)15(19)18(8-4,17(20)21)24-14-11-7-3;/h16H,5-14H2,1-4H3,(H,20,21);. The van der Waals surface area contributed by atoms with Crippen molar-refractivity contribution in [2.45, 2.75) is 84.5 Å². The molecule has 25 heavy (non-hydrogen) atoms. The number of Topliss-reactive ketones (excluding diaryl/α,β-unsaturated/α-hetero) is 1. The summed E-state index contributed by atoms with van der Waals surface area (Å²) in [6.07, 6.45) is 3.79. The summed E-state index contributed by atoms with van der Waals surface area (Å²) in [5.41, 5.74) is -1.90. The second-order valence-corrected chi connectivity index (χ2v) is 5.83. The molecule has 0 spiro atoms. The van der Waals surface area contributed by atoms with Gasteiger partial charge in [0, 0.05) is 32.8 Å². The molecule has 7 heteroatoms. The van der Waals surface area contributed by atoms with Gasteiger partial charge in [0.1, 0.15) is 0 Å². The minimum atomic E-state index is -1.90. The number of unbranched alkanes of at least 4 members (excludes halogenated alkanes) is 3. The first-order valence-electron chi connectivity index (χ1n) is 9.14. The summed E-state index contributed by atoms with van der Waals surface area (Å²) in [7, 11) is 0. The van der Waals surface area contributed by atoms with E-state index in [9.17, 15) is 14.7 Å². The molecule has 0 amide bonds. The van der Waals surface area contributed by atoms with Crippen molar-refractivity contribution in [2.75, 3.05) is 19.8 Å². The topological polar surface area (TPSA) is 82.1 Å². The normalized spacial score (nSPS) is 13.3. The summed E-state index contributed by atoms with van der Waals surface area (Å²) in [6.45, 7) is 8.57. The fourth-order valence-corrected chi connectivity index (χ4v) is 2.12. The van der Waals surface area contributed by atoms with E-state index < -0.39 is 23.6 Å². The predicted molar refractivity (Wildman–Crippen MR) is 92.0 cm³/mol. The molecule has 0 bridgehead atoms. The second-order valence-electron chi connectivity index (χ2n) is 5.83. The van der Waals surface area contributed by atoms with E-state index in [0.717, 1.165) is 32.1 Å². The van der Waals surface area contributed by atoms with Gasteiger partial charge in [-0.2, -0.15) is 0 Å². The van der Waals surface area contributed by atoms with Crippen LogP contribution in [0.25, 0.3) is 0 Å². The SMILES string of the molecule is CCCCOC(OCCCC)C(=O)C(CC)(OCCCC)C(=O)O.[Zr]. The van der Waals surface area contributed by atoms with Crippen LogP contribution in [0.2, 0.25) is 0 Å². The number of carbonyl (C=O) groups excluding carboxylic acids is 1. The van der Waals surface area contributed by atoms with E-state index >= 15 is 0 Å². The van der Waals surface area contributed by atoms with Crippen molar-refractivity contribution < 1.29 is 55.1 Å². The van der Waals surface area contributed by atoms with Crippen molar-refractivity contribution in [3.63, 3.8) is 0 Å². The van der Waals surface area contributed by atoms with E-state index in [2.05, 4.69) is 0 Å². The Bertz CT molecular complexity index is 353. The number of hydrogen-bond acceptors (Lipinski definition) is 5. The van der Waals surface area contributed by atoms with Gasteiger partial charge in [0.2, 0.25) is 17.7 Å². The van der Waals surface area contributed by atoms with Gasteiger partial charge in [-0.15, -0.1) is 0 Å². The van der Waals surface area contributed by atoms with Gasteiger partial charge in [-0.05, 0) is 25.7 Å². The third kappa shape index (κ3) is 9.41. The molecular weight excluding hydrogens is 403 g/mol. The molecular formula is C18H34O6Zr. The maximum absolute atomic E-state index is 12.9. The van der Waals surface area contributed by atoms with E-state index in [0.29, 0.717) is 19.6 Å². The van der Waals surface area contributed by atoms with Crippen LogP contribution >= 0.6 is 0 Å². The minimum absolute atomic E-state index is 0. The molecule has 0 fully saturated rings. The van der Waals surface area contributed by atoms with Crippen molar-refractivity contribution in [2.24, 2.45) is 0 Å². The molecule has 0 rings (SSSR count). The maximum Gasteiger partial charge on any atom is 0.344 e. The van der Waals surface area contributed by atoms with Gasteiger partial charge in [0.05, 0.1) is 13.2 Å². The molecule has 0 aromatic heterocycles. The van der Waals surface area contributed by atoms with Gasteiger partial charge in [-0.1, -0.05) is 47.0 Å². The van der Waals surface area contributed by atoms with E-state index in [1.54, 1.807) is 6.92 Å². The molecule has 0 radical (unpaired) electrons. The van der Waals surface area contributed by atoms with E-state index in [1.165, 1.54) is 0 Å². The van der Waals surface area contributed by atoms with E-state index in [-0.39, 0.29) is 39.2 Å². The Balaban J connectivity index is 0. The zero-order chi connectivity index (χ0) is 18.4. The number of carboxylic acid groups (broad SMARTS) is 1. The number of ether oxygens (including phenoxy) is 3. The third-order valence-corrected chi connectivity index (χ3v) is 3.84. The van der Waals surface area contributed by atoms with Crippen LogP contribution in [-0.4, -0.2) is 48.6 Å². The zero-order valence-corrected chi connectivity index (χ0v) is 18.6. The molecule has 0 aromatic rings. The third-order valence-electron chi connectivity index (χ3n) is 3.84. The Hall–Kier alpha value is -0.0969. The van der Waals surface area contributed by atoms with Gasteiger partial charge in [0.25, 0.3) is 0 Å². The van der Waals surface area contributed by atoms with Gasteiger partial charge in [-0.3, -0.25) is 4.79 Å². The van der Waals surface area contributed by atoms with Crippen LogP contribution in [0.3, 0.4) is 0 Å². The molecule has 0 aliphatic heterocycles. The molecule has 0 saturated heterocycles. The largest absolute Gasteiger partial charge is 0.479 e. The van der Waals surface area contributed by atoms with Crippen molar-refractivity contribution in [3.8, 4) is 0 Å². The van der Waals surface area contributed by atoms with Crippen LogP contribution < -0.4 is 0 Å². The van der Waals surface area contributed by atoms with Crippen LogP contribution in [0.5, 0.6) is 0 Å². The minimum Gasteiger partial charge on any atom is -0.479 e. The average Bonchev–Trinajstić information content (AvgIpc) is 2.57. The molecule has 0 saturated carbocycles. The van der Waals surface area contributed by atoms with E-state index in [4.69, 9.17) is 14.2 Å². The fourth-order valence-electron chi connectivity index (χ4n) is 2.12. The summed E-state index contributed by atoms with van der Waals surface area (Å²) >= 11 is 0. The van der Waals surface area contributed by atoms with Crippen LogP contribution in [0.1, 0.15) is 72.6 Å². The Morgan fingerprint density at radius 1 is 0.880 bits per heavy atom. The summed E-state index contributed by atoms with van der Waals surface area (Å²) in [5, 5.41) is 9.63. The molecule has 0 aliphatic carbocycles. The first-order valence-corrected chi connectivity index (χ1v) is 9.14. The Morgan fingerprint density at radius 3 is 1.68 bits per heavy atom. The van der Waals surface area contributed by atoms with Gasteiger partial charge < -0.3 is 19.3 Å². The van der Waals surface area contributed by atoms with Crippen LogP contribution in [0, 0.1) is 0 Å². The van der Waals surface area contributed by atoms with E-state index in [1.807, 2.05) is 20.8 Å². The van der Waals surface area contributed by atoms with Crippen molar-refractivity contribution in [1.29, 1.82) is 0 Å². The maximum atomic E-state index is 12.9. The predicted octanol–water partition coefficient (Wildman–Crippen LogP) is 3.56. The molecule has 0 aliphatic rings. The first-order chi connectivity index (χ1) is 11.5. The Labute approximate surface area is 171 Å². The molecule has 1 N–H and O–H groups in total. The van der Waals surface area contributed by atoms with Crippen LogP contribution in [0.4, 0.5) is 0 Å². The summed E-state index contributed by atoms with van der Waals surface area (Å²) in [4.78, 5) is 24.7. The number of ketones is 1. The quantitative estimate of drug-likeness (QED) is 0.226. The van der Waals surface area contributed by atoms with Crippen molar-refractivity contribution in [3.05, 3.63) is 0 Å². The monoisotopic (exact) mass is 436 g/mol. The van der Waals surface area contributed by atoms with Crippen LogP contribution in [-0.2, 0) is 50.0 Å². The molecule has 6 nitrogen and oxygen atoms in total. The second kappa shape index (κ2) is 16.1. The Kier molecular flexibility index (Phi) is 17.5. The van der Waals surface area contributed by atoms with Crippen LogP contribution in [0.15, 0.2) is 0 Å². The molecule has 1 atom stereocenters. The Morgan fingerprint density at radius 2 is 1.32 bits per heavy atom. The summed E-state index contributed by atoms with van der Waals surface area (Å²) in [5.74, 6) is -1.94. The average molecular weight is 438 g/mol. The summed E-state index contributed by atoms with van der Waals surface area (Å²) < 4.78 is 16.6. The first kappa shape index (κ1) is 27.1. The number of aliphatic carboxylic acids is 1. The van der Waals surface area contributed by atoms with Gasteiger partial charge >= 0.3 is 5.97 Å². The number of carbonyl (C=O) groups is 2. The molecule has 0 aromatic carbocycles. The zero-order valence-electron chi connectivity index (χ0n) is 16.1. The molecule has 146 valence electrons. The number of carboxylic acids is 1. The summed E-state index contributed by atoms with van der Waals surface area (Å²) in [6, 6.07) is 0. The smallest absolute Gasteiger partial charge is 0.344 e. The fraction of sp³-hybridized carbons (Fsp3) is 0.889.